The van der Waals surface area contributed by atoms with E-state index in [-0.39, 0.29) is 21.6 Å². The second-order valence-corrected chi connectivity index (χ2v) is 9.75. The maximum Gasteiger partial charge on any atom is 0.272 e. The Morgan fingerprint density at radius 2 is 1.55 bits per heavy atom. The summed E-state index contributed by atoms with van der Waals surface area (Å²) in [6.45, 7) is 0. The van der Waals surface area contributed by atoms with Gasteiger partial charge in [-0.15, -0.1) is 0 Å². The largest absolute Gasteiger partial charge is 0.321 e. The maximum absolute atomic E-state index is 13.5. The molecule has 0 aliphatic carbocycles. The Bertz CT molecular complexity index is 1460. The van der Waals surface area contributed by atoms with E-state index >= 15 is 0 Å². The van der Waals surface area contributed by atoms with Gasteiger partial charge in [-0.25, -0.2) is 18.5 Å². The van der Waals surface area contributed by atoms with Crippen molar-refractivity contribution < 1.29 is 18.0 Å². The van der Waals surface area contributed by atoms with Crippen molar-refractivity contribution in [2.24, 2.45) is 10.1 Å². The lowest BCUT2D eigenvalue weighted by Gasteiger charge is -2.15. The number of nitrogens with two attached hydrogens (primary N) is 1. The minimum absolute atomic E-state index is 0.0384. The smallest absolute Gasteiger partial charge is 0.272 e. The molecule has 3 aromatic rings. The standard InChI is InChI=1S/C23H16N4O4S2/c24-33(30,31)16-12-10-14(11-13-16)25-23-27(15-6-2-1-3-7-15)22(29)20(32-23)19-17-8-4-5-9-18(17)26-21(19)28/h1-13H,(H,26,28)(H2,24,30,31)/b20-19-,25-23-. The second-order valence-electron chi connectivity index (χ2n) is 7.22. The number of benzene rings is 3. The van der Waals surface area contributed by atoms with Gasteiger partial charge in [-0.2, -0.15) is 0 Å². The predicted octanol–water partition coefficient (Wildman–Crippen LogP) is 3.46. The van der Waals surface area contributed by atoms with Gasteiger partial charge >= 0.3 is 0 Å². The first-order valence-electron chi connectivity index (χ1n) is 9.77. The lowest BCUT2D eigenvalue weighted by Crippen LogP contribution is -2.29. The van der Waals surface area contributed by atoms with E-state index in [4.69, 9.17) is 5.14 Å². The van der Waals surface area contributed by atoms with Crippen LogP contribution in [0.4, 0.5) is 17.1 Å². The molecule has 3 N–H and O–H groups in total. The van der Waals surface area contributed by atoms with Gasteiger partial charge in [0.2, 0.25) is 10.0 Å². The summed E-state index contributed by atoms with van der Waals surface area (Å²) in [7, 11) is -3.83. The summed E-state index contributed by atoms with van der Waals surface area (Å²) in [4.78, 5) is 32.5. The summed E-state index contributed by atoms with van der Waals surface area (Å²) in [5.74, 6) is -0.716. The van der Waals surface area contributed by atoms with Crippen molar-refractivity contribution in [1.82, 2.24) is 0 Å². The molecule has 1 fully saturated rings. The van der Waals surface area contributed by atoms with Crippen LogP contribution < -0.4 is 15.4 Å². The van der Waals surface area contributed by atoms with E-state index in [0.29, 0.717) is 33.4 Å². The van der Waals surface area contributed by atoms with Gasteiger partial charge in [-0.05, 0) is 54.2 Å². The molecule has 5 rings (SSSR count). The second kappa shape index (κ2) is 8.00. The Labute approximate surface area is 193 Å². The zero-order valence-corrected chi connectivity index (χ0v) is 18.6. The van der Waals surface area contributed by atoms with Gasteiger partial charge in [0.25, 0.3) is 11.8 Å². The molecule has 0 aromatic heterocycles. The summed E-state index contributed by atoms with van der Waals surface area (Å²) >= 11 is 1.09. The van der Waals surface area contributed by atoms with Crippen molar-refractivity contribution in [3.05, 3.63) is 89.3 Å². The van der Waals surface area contributed by atoms with Crippen molar-refractivity contribution in [1.29, 1.82) is 0 Å². The van der Waals surface area contributed by atoms with Crippen LogP contribution in [-0.2, 0) is 19.6 Å². The number of hydrogen-bond donors (Lipinski definition) is 2. The van der Waals surface area contributed by atoms with Crippen molar-refractivity contribution >= 4 is 61.4 Å². The van der Waals surface area contributed by atoms with Crippen molar-refractivity contribution in [2.45, 2.75) is 4.90 Å². The molecule has 0 bridgehead atoms. The lowest BCUT2D eigenvalue weighted by atomic mass is 10.1. The molecule has 2 amide bonds. The van der Waals surface area contributed by atoms with Gasteiger partial charge < -0.3 is 5.32 Å². The number of nitrogens with one attached hydrogen (secondary N) is 1. The molecular weight excluding hydrogens is 460 g/mol. The Morgan fingerprint density at radius 1 is 0.879 bits per heavy atom. The zero-order valence-electron chi connectivity index (χ0n) is 16.9. The molecule has 0 saturated carbocycles. The van der Waals surface area contributed by atoms with Crippen molar-refractivity contribution in [3.8, 4) is 0 Å². The van der Waals surface area contributed by atoms with Gasteiger partial charge in [-0.3, -0.25) is 14.5 Å². The van der Waals surface area contributed by atoms with Crippen LogP contribution in [0.5, 0.6) is 0 Å². The lowest BCUT2D eigenvalue weighted by molar-refractivity contribution is -0.114. The Hall–Kier alpha value is -3.73. The monoisotopic (exact) mass is 476 g/mol. The first kappa shape index (κ1) is 21.1. The first-order chi connectivity index (χ1) is 15.8. The van der Waals surface area contributed by atoms with E-state index in [9.17, 15) is 18.0 Å². The van der Waals surface area contributed by atoms with Crippen LogP contribution in [0.25, 0.3) is 5.57 Å². The van der Waals surface area contributed by atoms with E-state index in [0.717, 1.165) is 11.8 Å². The summed E-state index contributed by atoms with van der Waals surface area (Å²) in [6.07, 6.45) is 0. The molecule has 10 heteroatoms. The summed E-state index contributed by atoms with van der Waals surface area (Å²) in [5.41, 5.74) is 2.63. The third-order valence-corrected chi connectivity index (χ3v) is 7.05. The number of carbonyl (C=O) groups excluding carboxylic acids is 2. The SMILES string of the molecule is NS(=O)(=O)c1ccc(/N=C2\S/C(=C3\C(=O)Nc4ccccc43)C(=O)N2c2ccccc2)cc1. The van der Waals surface area contributed by atoms with E-state index < -0.39 is 10.0 Å². The summed E-state index contributed by atoms with van der Waals surface area (Å²) in [6, 6.07) is 21.9. The number of para-hydroxylation sites is 2. The number of anilines is 2. The van der Waals surface area contributed by atoms with Crippen molar-refractivity contribution in [2.75, 3.05) is 10.2 Å². The summed E-state index contributed by atoms with van der Waals surface area (Å²) in [5, 5.41) is 8.30. The quantitative estimate of drug-likeness (QED) is 0.561. The molecule has 164 valence electrons. The zero-order chi connectivity index (χ0) is 23.2. The molecule has 0 unspecified atom stereocenters. The molecule has 0 radical (unpaired) electrons. The van der Waals surface area contributed by atoms with Crippen LogP contribution in [0.15, 0.2) is 93.7 Å². The van der Waals surface area contributed by atoms with Crippen LogP contribution in [0.1, 0.15) is 5.56 Å². The van der Waals surface area contributed by atoms with E-state index in [2.05, 4.69) is 10.3 Å². The first-order valence-corrected chi connectivity index (χ1v) is 12.1. The number of aliphatic imine (C=N–C) groups is 1. The highest BCUT2D eigenvalue weighted by Gasteiger charge is 2.40. The van der Waals surface area contributed by atoms with Crippen LogP contribution >= 0.6 is 11.8 Å². The minimum Gasteiger partial charge on any atom is -0.321 e. The average molecular weight is 477 g/mol. The molecule has 1 saturated heterocycles. The number of sulfonamides is 1. The fourth-order valence-electron chi connectivity index (χ4n) is 3.57. The van der Waals surface area contributed by atoms with E-state index in [1.165, 1.54) is 29.2 Å². The van der Waals surface area contributed by atoms with E-state index in [1.807, 2.05) is 12.1 Å². The average Bonchev–Trinajstić information content (AvgIpc) is 3.29. The number of hydrogen-bond acceptors (Lipinski definition) is 6. The summed E-state index contributed by atoms with van der Waals surface area (Å²) < 4.78 is 23.1. The third-order valence-electron chi connectivity index (χ3n) is 5.09. The fourth-order valence-corrected chi connectivity index (χ4v) is 5.18. The molecule has 8 nitrogen and oxygen atoms in total. The molecule has 0 atom stereocenters. The molecular formula is C23H16N4O4S2. The topological polar surface area (TPSA) is 122 Å². The molecule has 33 heavy (non-hydrogen) atoms. The molecule has 2 aliphatic heterocycles. The number of thioether (sulfide) groups is 1. The van der Waals surface area contributed by atoms with Gasteiger partial charge in [-0.1, -0.05) is 36.4 Å². The highest BCUT2D eigenvalue weighted by molar-refractivity contribution is 8.19. The Morgan fingerprint density at radius 3 is 2.24 bits per heavy atom. The van der Waals surface area contributed by atoms with E-state index in [1.54, 1.807) is 42.5 Å². The van der Waals surface area contributed by atoms with Gasteiger partial charge in [0.1, 0.15) is 0 Å². The van der Waals surface area contributed by atoms with Crippen molar-refractivity contribution in [3.63, 3.8) is 0 Å². The number of nitrogens with zero attached hydrogens (tertiary/aromatic N) is 2. The van der Waals surface area contributed by atoms with Crippen LogP contribution in [0, 0.1) is 0 Å². The van der Waals surface area contributed by atoms with Crippen LogP contribution in [0.2, 0.25) is 0 Å². The number of fused-ring (bicyclic) bond motifs is 1. The normalized spacial score (nSPS) is 19.2. The third kappa shape index (κ3) is 3.84. The van der Waals surface area contributed by atoms with Gasteiger partial charge in [0.15, 0.2) is 5.17 Å². The van der Waals surface area contributed by atoms with Crippen LogP contribution in [0.3, 0.4) is 0 Å². The Kier molecular flexibility index (Phi) is 5.12. The maximum atomic E-state index is 13.5. The molecule has 2 heterocycles. The molecule has 0 spiro atoms. The predicted molar refractivity (Wildman–Crippen MR) is 128 cm³/mol. The van der Waals surface area contributed by atoms with Gasteiger partial charge in [0.05, 0.1) is 26.7 Å². The van der Waals surface area contributed by atoms with Crippen LogP contribution in [-0.4, -0.2) is 25.4 Å². The Balaban J connectivity index is 1.63. The van der Waals surface area contributed by atoms with Gasteiger partial charge in [0, 0.05) is 11.3 Å². The minimum atomic E-state index is -3.83. The number of primary sulfonamides is 1. The molecule has 2 aliphatic rings. The number of amidine groups is 1. The number of amides is 2. The highest BCUT2D eigenvalue weighted by Crippen LogP contribution is 2.43. The molecule has 3 aromatic carbocycles. The fraction of sp³-hybridized carbons (Fsp3) is 0. The highest BCUT2D eigenvalue weighted by atomic mass is 32.2. The number of carbonyl (C=O) groups is 2. The number of rotatable bonds is 3.